The molecule has 2 heteroatoms. The molecule has 0 aliphatic heterocycles. The van der Waals surface area contributed by atoms with Crippen LogP contribution in [0, 0.1) is 17.3 Å². The van der Waals surface area contributed by atoms with Crippen molar-refractivity contribution in [2.75, 3.05) is 7.11 Å². The smallest absolute Gasteiger partial charge is 0.0880 e. The first-order valence-electron chi connectivity index (χ1n) is 7.11. The van der Waals surface area contributed by atoms with Crippen LogP contribution in [0.2, 0.25) is 0 Å². The van der Waals surface area contributed by atoms with Crippen molar-refractivity contribution >= 4 is 0 Å². The molecule has 0 aromatic carbocycles. The SMILES string of the molecule is CCC1CCCC(C(O)C(OC)C(C)(C)C)C1. The highest BCUT2D eigenvalue weighted by atomic mass is 16.5. The Kier molecular flexibility index (Phi) is 5.46. The molecule has 1 rings (SSSR count). The van der Waals surface area contributed by atoms with Crippen molar-refractivity contribution in [2.45, 2.75) is 72.0 Å². The standard InChI is InChI=1S/C15H30O2/c1-6-11-8-7-9-12(10-11)13(16)14(17-5)15(2,3)4/h11-14,16H,6-10H2,1-5H3. The topological polar surface area (TPSA) is 29.5 Å². The van der Waals surface area contributed by atoms with E-state index in [9.17, 15) is 5.11 Å². The molecule has 0 spiro atoms. The van der Waals surface area contributed by atoms with E-state index in [2.05, 4.69) is 27.7 Å². The Morgan fingerprint density at radius 1 is 1.29 bits per heavy atom. The molecule has 1 fully saturated rings. The van der Waals surface area contributed by atoms with Gasteiger partial charge in [-0.15, -0.1) is 0 Å². The monoisotopic (exact) mass is 242 g/mol. The number of hydrogen-bond donors (Lipinski definition) is 1. The summed E-state index contributed by atoms with van der Waals surface area (Å²) in [4.78, 5) is 0. The maximum atomic E-state index is 10.6. The Balaban J connectivity index is 2.64. The maximum Gasteiger partial charge on any atom is 0.0880 e. The second-order valence-electron chi connectivity index (χ2n) is 6.71. The second-order valence-corrected chi connectivity index (χ2v) is 6.71. The highest BCUT2D eigenvalue weighted by Crippen LogP contribution is 2.37. The fourth-order valence-corrected chi connectivity index (χ4v) is 3.27. The molecule has 4 unspecified atom stereocenters. The van der Waals surface area contributed by atoms with Gasteiger partial charge in [0.1, 0.15) is 0 Å². The van der Waals surface area contributed by atoms with Crippen LogP contribution in [0.15, 0.2) is 0 Å². The molecule has 4 atom stereocenters. The van der Waals surface area contributed by atoms with Gasteiger partial charge in [0.05, 0.1) is 12.2 Å². The molecule has 17 heavy (non-hydrogen) atoms. The summed E-state index contributed by atoms with van der Waals surface area (Å²) in [6, 6.07) is 0. The summed E-state index contributed by atoms with van der Waals surface area (Å²) in [7, 11) is 1.72. The summed E-state index contributed by atoms with van der Waals surface area (Å²) in [5, 5.41) is 10.6. The molecule has 1 aliphatic rings. The van der Waals surface area contributed by atoms with E-state index in [0.29, 0.717) is 5.92 Å². The third-order valence-corrected chi connectivity index (χ3v) is 4.30. The van der Waals surface area contributed by atoms with Gasteiger partial charge < -0.3 is 9.84 Å². The fourth-order valence-electron chi connectivity index (χ4n) is 3.27. The van der Waals surface area contributed by atoms with Crippen LogP contribution in [0.1, 0.15) is 59.8 Å². The minimum absolute atomic E-state index is 0.00727. The van der Waals surface area contributed by atoms with E-state index in [4.69, 9.17) is 4.74 Å². The van der Waals surface area contributed by atoms with Crippen LogP contribution in [0.3, 0.4) is 0 Å². The maximum absolute atomic E-state index is 10.6. The van der Waals surface area contributed by atoms with Crippen LogP contribution in [0.25, 0.3) is 0 Å². The zero-order chi connectivity index (χ0) is 13.1. The highest BCUT2D eigenvalue weighted by molar-refractivity contribution is 4.88. The van der Waals surface area contributed by atoms with Crippen LogP contribution >= 0.6 is 0 Å². The number of rotatable bonds is 4. The van der Waals surface area contributed by atoms with Crippen LogP contribution in [-0.4, -0.2) is 24.4 Å². The van der Waals surface area contributed by atoms with Gasteiger partial charge in [-0.2, -0.15) is 0 Å². The van der Waals surface area contributed by atoms with Gasteiger partial charge in [-0.25, -0.2) is 0 Å². The molecule has 0 aromatic rings. The van der Waals surface area contributed by atoms with E-state index < -0.39 is 0 Å². The molecule has 102 valence electrons. The number of aliphatic hydroxyl groups excluding tert-OH is 1. The first kappa shape index (κ1) is 15.0. The molecule has 0 radical (unpaired) electrons. The summed E-state index contributed by atoms with van der Waals surface area (Å²) >= 11 is 0. The largest absolute Gasteiger partial charge is 0.390 e. The summed E-state index contributed by atoms with van der Waals surface area (Å²) in [6.45, 7) is 8.69. The van der Waals surface area contributed by atoms with E-state index >= 15 is 0 Å². The molecule has 0 amide bonds. The third-order valence-electron chi connectivity index (χ3n) is 4.30. The third kappa shape index (κ3) is 3.96. The van der Waals surface area contributed by atoms with Gasteiger partial charge in [-0.3, -0.25) is 0 Å². The van der Waals surface area contributed by atoms with E-state index in [1.54, 1.807) is 7.11 Å². The van der Waals surface area contributed by atoms with Crippen LogP contribution in [0.5, 0.6) is 0 Å². The summed E-state index contributed by atoms with van der Waals surface area (Å²) < 4.78 is 5.55. The van der Waals surface area contributed by atoms with Crippen LogP contribution < -0.4 is 0 Å². The molecule has 2 nitrogen and oxygen atoms in total. The van der Waals surface area contributed by atoms with E-state index in [-0.39, 0.29) is 17.6 Å². The first-order chi connectivity index (χ1) is 7.90. The lowest BCUT2D eigenvalue weighted by atomic mass is 9.73. The minimum Gasteiger partial charge on any atom is -0.390 e. The van der Waals surface area contributed by atoms with Crippen molar-refractivity contribution in [3.05, 3.63) is 0 Å². The van der Waals surface area contributed by atoms with Gasteiger partial charge in [0.25, 0.3) is 0 Å². The molecule has 1 N–H and O–H groups in total. The molecule has 0 saturated heterocycles. The zero-order valence-corrected chi connectivity index (χ0v) is 12.2. The van der Waals surface area contributed by atoms with Crippen molar-refractivity contribution in [1.29, 1.82) is 0 Å². The molecule has 0 bridgehead atoms. The van der Waals surface area contributed by atoms with Crippen molar-refractivity contribution in [1.82, 2.24) is 0 Å². The van der Waals surface area contributed by atoms with Gasteiger partial charge in [-0.1, -0.05) is 47.0 Å². The number of aliphatic hydroxyl groups is 1. The Labute approximate surface area is 107 Å². The summed E-state index contributed by atoms with van der Waals surface area (Å²) in [6.07, 6.45) is 5.82. The number of ether oxygens (including phenoxy) is 1. The van der Waals surface area contributed by atoms with Crippen LogP contribution in [-0.2, 0) is 4.74 Å². The normalized spacial score (nSPS) is 30.0. The van der Waals surface area contributed by atoms with Crippen molar-refractivity contribution in [2.24, 2.45) is 17.3 Å². The van der Waals surface area contributed by atoms with Gasteiger partial charge in [0.2, 0.25) is 0 Å². The molecule has 1 aliphatic carbocycles. The first-order valence-corrected chi connectivity index (χ1v) is 7.11. The van der Waals surface area contributed by atoms with Gasteiger partial charge in [0.15, 0.2) is 0 Å². The lowest BCUT2D eigenvalue weighted by Gasteiger charge is -2.40. The van der Waals surface area contributed by atoms with Crippen molar-refractivity contribution < 1.29 is 9.84 Å². The average Bonchev–Trinajstić information content (AvgIpc) is 2.28. The minimum atomic E-state index is -0.311. The van der Waals surface area contributed by atoms with E-state index in [1.165, 1.54) is 25.7 Å². The van der Waals surface area contributed by atoms with Crippen LogP contribution in [0.4, 0.5) is 0 Å². The summed E-state index contributed by atoms with van der Waals surface area (Å²) in [5.41, 5.74) is 0.00727. The quantitative estimate of drug-likeness (QED) is 0.816. The lowest BCUT2D eigenvalue weighted by Crippen LogP contribution is -2.44. The van der Waals surface area contributed by atoms with E-state index in [1.807, 2.05) is 0 Å². The highest BCUT2D eigenvalue weighted by Gasteiger charge is 2.37. The molecule has 0 heterocycles. The van der Waals surface area contributed by atoms with E-state index in [0.717, 1.165) is 12.3 Å². The summed E-state index contributed by atoms with van der Waals surface area (Å²) in [5.74, 6) is 1.23. The Morgan fingerprint density at radius 2 is 1.94 bits per heavy atom. The van der Waals surface area contributed by atoms with Gasteiger partial charge >= 0.3 is 0 Å². The Hall–Kier alpha value is -0.0800. The predicted molar refractivity (Wildman–Crippen MR) is 72.0 cm³/mol. The Bertz CT molecular complexity index is 219. The molecular formula is C15H30O2. The van der Waals surface area contributed by atoms with Crippen molar-refractivity contribution in [3.63, 3.8) is 0 Å². The average molecular weight is 242 g/mol. The predicted octanol–water partition coefficient (Wildman–Crippen LogP) is 3.62. The second kappa shape index (κ2) is 6.19. The lowest BCUT2D eigenvalue weighted by molar-refractivity contribution is -0.101. The number of hydrogen-bond acceptors (Lipinski definition) is 2. The van der Waals surface area contributed by atoms with Gasteiger partial charge in [0, 0.05) is 7.11 Å². The fraction of sp³-hybridized carbons (Fsp3) is 1.00. The molecule has 1 saturated carbocycles. The molecule has 0 aromatic heterocycles. The van der Waals surface area contributed by atoms with Gasteiger partial charge in [-0.05, 0) is 30.1 Å². The number of methoxy groups -OCH3 is 1. The van der Waals surface area contributed by atoms with Crippen molar-refractivity contribution in [3.8, 4) is 0 Å². The molecular weight excluding hydrogens is 212 g/mol. The zero-order valence-electron chi connectivity index (χ0n) is 12.2. The Morgan fingerprint density at radius 3 is 2.41 bits per heavy atom.